The Kier molecular flexibility index (Phi) is 3.74. The van der Waals surface area contributed by atoms with Crippen LogP contribution in [-0.4, -0.2) is 38.1 Å². The largest absolute Gasteiger partial charge is 0.505 e. The molecule has 100 valence electrons. The van der Waals surface area contributed by atoms with Gasteiger partial charge in [-0.1, -0.05) is 6.92 Å². The van der Waals surface area contributed by atoms with Gasteiger partial charge >= 0.3 is 0 Å². The highest BCUT2D eigenvalue weighted by Gasteiger charge is 2.19. The molecule has 0 aromatic carbocycles. The third-order valence-electron chi connectivity index (χ3n) is 2.52. The molecule has 0 radical (unpaired) electrons. The molecule has 1 N–H and O–H groups in total. The second-order valence-electron chi connectivity index (χ2n) is 3.98. The van der Waals surface area contributed by atoms with Crippen LogP contribution in [0.25, 0.3) is 0 Å². The molecule has 0 aliphatic heterocycles. The van der Waals surface area contributed by atoms with Crippen LogP contribution in [0, 0.1) is 0 Å². The monoisotopic (exact) mass is 262 g/mol. The third kappa shape index (κ3) is 2.87. The summed E-state index contributed by atoms with van der Waals surface area (Å²) in [6.45, 7) is 2.07. The Hall–Kier alpha value is -2.44. The molecular weight excluding hydrogens is 248 g/mol. The van der Waals surface area contributed by atoms with Crippen LogP contribution in [0.3, 0.4) is 0 Å². The number of carbonyl (C=O) groups excluding carboxylic acids is 1. The van der Waals surface area contributed by atoms with Crippen LogP contribution in [0.15, 0.2) is 22.7 Å². The molecule has 0 unspecified atom stereocenters. The molecule has 2 aromatic rings. The van der Waals surface area contributed by atoms with Crippen molar-refractivity contribution in [1.29, 1.82) is 0 Å². The van der Waals surface area contributed by atoms with E-state index in [9.17, 15) is 9.90 Å². The Bertz CT molecular complexity index is 582. The van der Waals surface area contributed by atoms with Gasteiger partial charge in [0, 0.05) is 19.7 Å². The number of amides is 1. The van der Waals surface area contributed by atoms with Crippen molar-refractivity contribution in [3.8, 4) is 5.75 Å². The van der Waals surface area contributed by atoms with Gasteiger partial charge in [0.2, 0.25) is 11.8 Å². The van der Waals surface area contributed by atoms with Gasteiger partial charge < -0.3 is 14.4 Å². The van der Waals surface area contributed by atoms with Crippen molar-refractivity contribution < 1.29 is 14.3 Å². The highest BCUT2D eigenvalue weighted by atomic mass is 16.4. The lowest BCUT2D eigenvalue weighted by Gasteiger charge is -2.14. The first kappa shape index (κ1) is 13.0. The van der Waals surface area contributed by atoms with Crippen molar-refractivity contribution in [2.24, 2.45) is 0 Å². The van der Waals surface area contributed by atoms with Gasteiger partial charge in [-0.15, -0.1) is 10.2 Å². The van der Waals surface area contributed by atoms with Crippen LogP contribution in [0.2, 0.25) is 0 Å². The van der Waals surface area contributed by atoms with Gasteiger partial charge in [-0.2, -0.15) is 0 Å². The maximum atomic E-state index is 12.1. The van der Waals surface area contributed by atoms with Gasteiger partial charge in [0.15, 0.2) is 5.69 Å². The van der Waals surface area contributed by atoms with E-state index in [0.717, 1.165) is 0 Å². The highest BCUT2D eigenvalue weighted by Crippen LogP contribution is 2.15. The molecule has 0 spiro atoms. The van der Waals surface area contributed by atoms with Crippen molar-refractivity contribution in [2.75, 3.05) is 7.05 Å². The molecule has 0 aliphatic carbocycles. The quantitative estimate of drug-likeness (QED) is 0.883. The fourth-order valence-corrected chi connectivity index (χ4v) is 1.51. The molecule has 19 heavy (non-hydrogen) atoms. The normalized spacial score (nSPS) is 10.4. The van der Waals surface area contributed by atoms with Gasteiger partial charge in [-0.05, 0) is 12.1 Å². The van der Waals surface area contributed by atoms with E-state index in [-0.39, 0.29) is 18.0 Å². The number of aromatic hydroxyl groups is 1. The summed E-state index contributed by atoms with van der Waals surface area (Å²) in [5.41, 5.74) is 0.000213. The lowest BCUT2D eigenvalue weighted by atomic mass is 10.3. The van der Waals surface area contributed by atoms with Gasteiger partial charge in [0.1, 0.15) is 5.75 Å². The molecule has 1 amide bonds. The predicted molar refractivity (Wildman–Crippen MR) is 65.4 cm³/mol. The van der Waals surface area contributed by atoms with Crippen LogP contribution in [-0.2, 0) is 13.0 Å². The smallest absolute Gasteiger partial charge is 0.276 e. The van der Waals surface area contributed by atoms with E-state index in [1.54, 1.807) is 13.1 Å². The van der Waals surface area contributed by atoms with Crippen molar-refractivity contribution in [3.63, 3.8) is 0 Å². The van der Waals surface area contributed by atoms with Crippen LogP contribution in [0.1, 0.15) is 29.2 Å². The van der Waals surface area contributed by atoms with Gasteiger partial charge in [0.25, 0.3) is 5.91 Å². The zero-order valence-corrected chi connectivity index (χ0v) is 10.7. The van der Waals surface area contributed by atoms with E-state index in [2.05, 4.69) is 15.2 Å². The number of aryl methyl sites for hydroxylation is 1. The summed E-state index contributed by atoms with van der Waals surface area (Å²) in [5, 5.41) is 17.2. The number of pyridine rings is 1. The van der Waals surface area contributed by atoms with Crippen LogP contribution < -0.4 is 0 Å². The lowest BCUT2D eigenvalue weighted by Crippen LogP contribution is -2.27. The fraction of sp³-hybridized carbons (Fsp3) is 0.333. The zero-order valence-electron chi connectivity index (χ0n) is 10.7. The average Bonchev–Trinajstić information content (AvgIpc) is 2.86. The van der Waals surface area contributed by atoms with Crippen LogP contribution in [0.4, 0.5) is 0 Å². The molecule has 0 saturated carbocycles. The maximum absolute atomic E-state index is 12.1. The minimum atomic E-state index is -0.408. The fourth-order valence-electron chi connectivity index (χ4n) is 1.51. The number of nitrogens with zero attached hydrogens (tertiary/aromatic N) is 4. The second-order valence-corrected chi connectivity index (χ2v) is 3.98. The molecular formula is C12H14N4O3. The molecule has 2 aromatic heterocycles. The Morgan fingerprint density at radius 2 is 2.16 bits per heavy atom. The Balaban J connectivity index is 2.09. The van der Waals surface area contributed by atoms with E-state index >= 15 is 0 Å². The summed E-state index contributed by atoms with van der Waals surface area (Å²) < 4.78 is 5.32. The number of aromatic nitrogens is 3. The molecule has 2 rings (SSSR count). The lowest BCUT2D eigenvalue weighted by molar-refractivity contribution is 0.0763. The van der Waals surface area contributed by atoms with Gasteiger partial charge in [-0.3, -0.25) is 4.79 Å². The number of carbonyl (C=O) groups is 1. The SMILES string of the molecule is CCc1nnc(CN(C)C(=O)c2ncccc2O)o1. The van der Waals surface area contributed by atoms with Crippen LogP contribution >= 0.6 is 0 Å². The molecule has 0 fully saturated rings. The Morgan fingerprint density at radius 3 is 2.79 bits per heavy atom. The van der Waals surface area contributed by atoms with E-state index in [0.29, 0.717) is 18.2 Å². The number of hydrogen-bond donors (Lipinski definition) is 1. The molecule has 7 heteroatoms. The predicted octanol–water partition coefficient (Wildman–Crippen LogP) is 1.00. The van der Waals surface area contributed by atoms with Crippen molar-refractivity contribution in [2.45, 2.75) is 19.9 Å². The van der Waals surface area contributed by atoms with Crippen molar-refractivity contribution >= 4 is 5.91 Å². The molecule has 0 bridgehead atoms. The van der Waals surface area contributed by atoms with E-state index in [1.807, 2.05) is 6.92 Å². The minimum absolute atomic E-state index is 0.000213. The third-order valence-corrected chi connectivity index (χ3v) is 2.52. The van der Waals surface area contributed by atoms with Gasteiger partial charge in [-0.25, -0.2) is 4.98 Å². The van der Waals surface area contributed by atoms with E-state index in [1.165, 1.54) is 17.2 Å². The maximum Gasteiger partial charge on any atom is 0.276 e. The summed E-state index contributed by atoms with van der Waals surface area (Å²) in [5.74, 6) is 0.313. The molecule has 7 nitrogen and oxygen atoms in total. The number of hydrogen-bond acceptors (Lipinski definition) is 6. The Morgan fingerprint density at radius 1 is 1.42 bits per heavy atom. The molecule has 0 saturated heterocycles. The Labute approximate surface area is 109 Å². The zero-order chi connectivity index (χ0) is 13.8. The first-order valence-electron chi connectivity index (χ1n) is 5.82. The first-order valence-corrected chi connectivity index (χ1v) is 5.82. The highest BCUT2D eigenvalue weighted by molar-refractivity contribution is 5.94. The molecule has 0 aliphatic rings. The average molecular weight is 262 g/mol. The second kappa shape index (κ2) is 5.47. The van der Waals surface area contributed by atoms with Crippen LogP contribution in [0.5, 0.6) is 5.75 Å². The van der Waals surface area contributed by atoms with E-state index in [4.69, 9.17) is 4.42 Å². The summed E-state index contributed by atoms with van der Waals surface area (Å²) in [7, 11) is 1.58. The number of rotatable bonds is 4. The summed E-state index contributed by atoms with van der Waals surface area (Å²) >= 11 is 0. The standard InChI is InChI=1S/C12H14N4O3/c1-3-9-14-15-10(19-9)7-16(2)12(18)11-8(17)5-4-6-13-11/h4-6,17H,3,7H2,1-2H3. The van der Waals surface area contributed by atoms with E-state index < -0.39 is 5.91 Å². The first-order chi connectivity index (χ1) is 9.11. The van der Waals surface area contributed by atoms with Crippen molar-refractivity contribution in [1.82, 2.24) is 20.1 Å². The minimum Gasteiger partial charge on any atom is -0.505 e. The molecule has 0 atom stereocenters. The molecule has 2 heterocycles. The topological polar surface area (TPSA) is 92.4 Å². The summed E-state index contributed by atoms with van der Waals surface area (Å²) in [6, 6.07) is 2.97. The van der Waals surface area contributed by atoms with Gasteiger partial charge in [0.05, 0.1) is 6.54 Å². The summed E-state index contributed by atoms with van der Waals surface area (Å²) in [6.07, 6.45) is 2.09. The summed E-state index contributed by atoms with van der Waals surface area (Å²) in [4.78, 5) is 17.3. The van der Waals surface area contributed by atoms with Crippen molar-refractivity contribution in [3.05, 3.63) is 35.8 Å².